The van der Waals surface area contributed by atoms with Crippen molar-refractivity contribution in [2.45, 2.75) is 38.3 Å². The van der Waals surface area contributed by atoms with E-state index in [0.29, 0.717) is 12.1 Å². The minimum atomic E-state index is -0.374. The van der Waals surface area contributed by atoms with Gasteiger partial charge in [0.2, 0.25) is 5.91 Å². The summed E-state index contributed by atoms with van der Waals surface area (Å²) in [6.45, 7) is 2.16. The second-order valence-electron chi connectivity index (χ2n) is 6.20. The summed E-state index contributed by atoms with van der Waals surface area (Å²) in [5, 5.41) is 0. The van der Waals surface area contributed by atoms with E-state index in [-0.39, 0.29) is 36.6 Å². The Morgan fingerprint density at radius 1 is 1.33 bits per heavy atom. The monoisotopic (exact) mass is 336 g/mol. The number of likely N-dealkylation sites (N-methyl/N-ethyl adjacent to an activating group) is 1. The standard InChI is InChI=1S/C18H25FN2O3/c1-20(17(22)9-10-18(23)24-2)15-7-5-11-21(13-15)12-14-6-3-4-8-16(14)19/h3-4,6,8,15H,5,7,9-13H2,1-2H3/t15-/m0/s1. The minimum Gasteiger partial charge on any atom is -0.469 e. The van der Waals surface area contributed by atoms with Gasteiger partial charge in [0.15, 0.2) is 0 Å². The van der Waals surface area contributed by atoms with Crippen molar-refractivity contribution in [3.05, 3.63) is 35.6 Å². The second kappa shape index (κ2) is 8.78. The third-order valence-corrected chi connectivity index (χ3v) is 4.54. The first-order valence-electron chi connectivity index (χ1n) is 8.29. The smallest absolute Gasteiger partial charge is 0.306 e. The Bertz CT molecular complexity index is 579. The highest BCUT2D eigenvalue weighted by atomic mass is 19.1. The number of hydrogen-bond donors (Lipinski definition) is 0. The number of benzene rings is 1. The first-order valence-corrected chi connectivity index (χ1v) is 8.29. The Balaban J connectivity index is 1.88. The first kappa shape index (κ1) is 18.4. The van der Waals surface area contributed by atoms with Crippen molar-refractivity contribution in [2.75, 3.05) is 27.2 Å². The van der Waals surface area contributed by atoms with Gasteiger partial charge in [-0.05, 0) is 25.5 Å². The van der Waals surface area contributed by atoms with Gasteiger partial charge in [-0.25, -0.2) is 4.39 Å². The van der Waals surface area contributed by atoms with E-state index in [1.54, 1.807) is 24.1 Å². The summed E-state index contributed by atoms with van der Waals surface area (Å²) in [5.74, 6) is -0.623. The fourth-order valence-corrected chi connectivity index (χ4v) is 3.05. The number of carbonyl (C=O) groups is 2. The molecule has 0 aromatic heterocycles. The first-order chi connectivity index (χ1) is 11.5. The number of likely N-dealkylation sites (tertiary alicyclic amines) is 1. The molecule has 1 amide bonds. The maximum absolute atomic E-state index is 13.8. The van der Waals surface area contributed by atoms with Gasteiger partial charge in [0.1, 0.15) is 5.82 Å². The van der Waals surface area contributed by atoms with E-state index in [2.05, 4.69) is 9.64 Å². The Kier molecular flexibility index (Phi) is 6.73. The van der Waals surface area contributed by atoms with E-state index in [4.69, 9.17) is 0 Å². The molecule has 0 radical (unpaired) electrons. The van der Waals surface area contributed by atoms with Crippen molar-refractivity contribution in [1.82, 2.24) is 9.80 Å². The zero-order chi connectivity index (χ0) is 17.5. The molecule has 1 saturated heterocycles. The van der Waals surface area contributed by atoms with Gasteiger partial charge in [0, 0.05) is 38.2 Å². The number of carbonyl (C=O) groups excluding carboxylic acids is 2. The molecule has 2 rings (SSSR count). The highest BCUT2D eigenvalue weighted by Crippen LogP contribution is 2.19. The molecule has 5 nitrogen and oxygen atoms in total. The van der Waals surface area contributed by atoms with Crippen LogP contribution >= 0.6 is 0 Å². The lowest BCUT2D eigenvalue weighted by atomic mass is 10.0. The largest absolute Gasteiger partial charge is 0.469 e. The molecular formula is C18H25FN2O3. The number of piperidine rings is 1. The Hall–Kier alpha value is -1.95. The number of halogens is 1. The molecule has 1 aromatic carbocycles. The van der Waals surface area contributed by atoms with Crippen molar-refractivity contribution < 1.29 is 18.7 Å². The van der Waals surface area contributed by atoms with Crippen LogP contribution in [0.15, 0.2) is 24.3 Å². The molecule has 1 fully saturated rings. The average molecular weight is 336 g/mol. The van der Waals surface area contributed by atoms with Crippen LogP contribution in [0, 0.1) is 5.82 Å². The number of rotatable bonds is 6. The molecule has 6 heteroatoms. The number of esters is 1. The SMILES string of the molecule is COC(=O)CCC(=O)N(C)[C@H]1CCCN(Cc2ccccc2F)C1. The van der Waals surface area contributed by atoms with Crippen LogP contribution in [0.5, 0.6) is 0 Å². The van der Waals surface area contributed by atoms with E-state index < -0.39 is 0 Å². The average Bonchev–Trinajstić information content (AvgIpc) is 2.61. The maximum atomic E-state index is 13.8. The number of hydrogen-bond acceptors (Lipinski definition) is 4. The summed E-state index contributed by atoms with van der Waals surface area (Å²) in [6, 6.07) is 6.88. The molecule has 0 spiro atoms. The molecule has 0 aliphatic carbocycles. The van der Waals surface area contributed by atoms with Crippen molar-refractivity contribution in [1.29, 1.82) is 0 Å². The van der Waals surface area contributed by atoms with E-state index in [9.17, 15) is 14.0 Å². The molecule has 0 bridgehead atoms. The Morgan fingerprint density at radius 3 is 2.79 bits per heavy atom. The van der Waals surface area contributed by atoms with Crippen LogP contribution in [0.1, 0.15) is 31.2 Å². The minimum absolute atomic E-state index is 0.0573. The van der Waals surface area contributed by atoms with Crippen LogP contribution in [-0.4, -0.2) is 55.0 Å². The van der Waals surface area contributed by atoms with E-state index in [1.807, 2.05) is 6.07 Å². The van der Waals surface area contributed by atoms with Gasteiger partial charge in [-0.2, -0.15) is 0 Å². The van der Waals surface area contributed by atoms with Gasteiger partial charge < -0.3 is 9.64 Å². The van der Waals surface area contributed by atoms with Gasteiger partial charge >= 0.3 is 5.97 Å². The highest BCUT2D eigenvalue weighted by Gasteiger charge is 2.26. The number of nitrogens with zero attached hydrogens (tertiary/aromatic N) is 2. The predicted octanol–water partition coefficient (Wildman–Crippen LogP) is 2.20. The third kappa shape index (κ3) is 5.03. The van der Waals surface area contributed by atoms with E-state index in [0.717, 1.165) is 25.9 Å². The van der Waals surface area contributed by atoms with E-state index >= 15 is 0 Å². The molecule has 0 saturated carbocycles. The van der Waals surface area contributed by atoms with Crippen LogP contribution in [0.3, 0.4) is 0 Å². The van der Waals surface area contributed by atoms with Gasteiger partial charge in [0.25, 0.3) is 0 Å². The molecule has 0 N–H and O–H groups in total. The van der Waals surface area contributed by atoms with Gasteiger partial charge in [0.05, 0.1) is 13.5 Å². The van der Waals surface area contributed by atoms with Crippen LogP contribution in [0.4, 0.5) is 4.39 Å². The molecular weight excluding hydrogens is 311 g/mol. The molecule has 1 atom stereocenters. The van der Waals surface area contributed by atoms with Crippen LogP contribution in [0.25, 0.3) is 0 Å². The lowest BCUT2D eigenvalue weighted by molar-refractivity contribution is -0.144. The fraction of sp³-hybridized carbons (Fsp3) is 0.556. The van der Waals surface area contributed by atoms with Crippen molar-refractivity contribution >= 4 is 11.9 Å². The summed E-state index contributed by atoms with van der Waals surface area (Å²) in [5.41, 5.74) is 0.679. The van der Waals surface area contributed by atoms with Gasteiger partial charge in [-0.3, -0.25) is 14.5 Å². The van der Waals surface area contributed by atoms with Gasteiger partial charge in [-0.1, -0.05) is 18.2 Å². The van der Waals surface area contributed by atoms with Crippen LogP contribution < -0.4 is 0 Å². The molecule has 132 valence electrons. The van der Waals surface area contributed by atoms with Gasteiger partial charge in [-0.15, -0.1) is 0 Å². The predicted molar refractivity (Wildman–Crippen MR) is 88.7 cm³/mol. The van der Waals surface area contributed by atoms with Crippen LogP contribution in [0.2, 0.25) is 0 Å². The van der Waals surface area contributed by atoms with Crippen molar-refractivity contribution in [3.8, 4) is 0 Å². The normalized spacial score (nSPS) is 18.2. The van der Waals surface area contributed by atoms with Crippen molar-refractivity contribution in [2.24, 2.45) is 0 Å². The molecule has 24 heavy (non-hydrogen) atoms. The maximum Gasteiger partial charge on any atom is 0.306 e. The molecule has 1 aliphatic rings. The summed E-state index contributed by atoms with van der Waals surface area (Å²) in [6.07, 6.45) is 2.15. The number of amides is 1. The lowest BCUT2D eigenvalue weighted by Crippen LogP contribution is -2.48. The lowest BCUT2D eigenvalue weighted by Gasteiger charge is -2.37. The third-order valence-electron chi connectivity index (χ3n) is 4.54. The summed E-state index contributed by atoms with van der Waals surface area (Å²) in [7, 11) is 3.09. The highest BCUT2D eigenvalue weighted by molar-refractivity contribution is 5.81. The summed E-state index contributed by atoms with van der Waals surface area (Å²) < 4.78 is 18.4. The van der Waals surface area contributed by atoms with E-state index in [1.165, 1.54) is 13.2 Å². The zero-order valence-corrected chi connectivity index (χ0v) is 14.3. The number of methoxy groups -OCH3 is 1. The molecule has 1 heterocycles. The Morgan fingerprint density at radius 2 is 2.08 bits per heavy atom. The zero-order valence-electron chi connectivity index (χ0n) is 14.3. The molecule has 1 aromatic rings. The summed E-state index contributed by atoms with van der Waals surface area (Å²) in [4.78, 5) is 27.3. The fourth-order valence-electron chi connectivity index (χ4n) is 3.05. The topological polar surface area (TPSA) is 49.9 Å². The van der Waals surface area contributed by atoms with Crippen LogP contribution in [-0.2, 0) is 20.9 Å². The molecule has 1 aliphatic heterocycles. The Labute approximate surface area is 142 Å². The van der Waals surface area contributed by atoms with Crippen molar-refractivity contribution in [3.63, 3.8) is 0 Å². The number of ether oxygens (including phenoxy) is 1. The second-order valence-corrected chi connectivity index (χ2v) is 6.20. The summed E-state index contributed by atoms with van der Waals surface area (Å²) >= 11 is 0. The molecule has 0 unspecified atom stereocenters. The quantitative estimate of drug-likeness (QED) is 0.748.